The largest absolute Gasteiger partial charge is 0.444 e. The van der Waals surface area contributed by atoms with Crippen LogP contribution in [0.2, 0.25) is 0 Å². The highest BCUT2D eigenvalue weighted by atomic mass is 16.6. The van der Waals surface area contributed by atoms with Crippen LogP contribution >= 0.6 is 0 Å². The number of rotatable bonds is 0. The normalized spacial score (nSPS) is 19.3. The van der Waals surface area contributed by atoms with Crippen LogP contribution in [0.1, 0.15) is 45.0 Å². The monoisotopic (exact) mass is 249 g/mol. The molecule has 1 amide bonds. The maximum Gasteiger partial charge on any atom is 0.410 e. The predicted octanol–water partition coefficient (Wildman–Crippen LogP) is 2.33. The van der Waals surface area contributed by atoms with Crippen molar-refractivity contribution in [1.29, 1.82) is 0 Å². The highest BCUT2D eigenvalue weighted by Gasteiger charge is 2.31. The van der Waals surface area contributed by atoms with Crippen molar-refractivity contribution in [2.45, 2.75) is 45.8 Å². The van der Waals surface area contributed by atoms with E-state index in [0.29, 0.717) is 6.54 Å². The molecule has 0 N–H and O–H groups in total. The van der Waals surface area contributed by atoms with Crippen LogP contribution in [-0.4, -0.2) is 33.3 Å². The zero-order chi connectivity index (χ0) is 13.3. The van der Waals surface area contributed by atoms with Crippen molar-refractivity contribution in [3.63, 3.8) is 0 Å². The summed E-state index contributed by atoms with van der Waals surface area (Å²) in [5, 5.41) is 7.99. The van der Waals surface area contributed by atoms with Crippen LogP contribution in [0.5, 0.6) is 0 Å². The fraction of sp³-hybridized carbons (Fsp3) is 0.615. The number of carbonyl (C=O) groups is 1. The SMILES string of the molecule is C[C@@H]1c2ccnnc2CCN1C(=O)OC(C)(C)C. The summed E-state index contributed by atoms with van der Waals surface area (Å²) in [6, 6.07) is 1.91. The zero-order valence-electron chi connectivity index (χ0n) is 11.3. The third-order valence-corrected chi connectivity index (χ3v) is 2.97. The van der Waals surface area contributed by atoms with Crippen molar-refractivity contribution in [2.24, 2.45) is 0 Å². The van der Waals surface area contributed by atoms with Crippen molar-refractivity contribution in [3.05, 3.63) is 23.5 Å². The van der Waals surface area contributed by atoms with Gasteiger partial charge in [0.05, 0.1) is 11.7 Å². The number of nitrogens with zero attached hydrogens (tertiary/aromatic N) is 3. The molecule has 0 unspecified atom stereocenters. The van der Waals surface area contributed by atoms with Gasteiger partial charge in [-0.15, -0.1) is 0 Å². The van der Waals surface area contributed by atoms with Crippen molar-refractivity contribution in [1.82, 2.24) is 15.1 Å². The Morgan fingerprint density at radius 3 is 2.89 bits per heavy atom. The van der Waals surface area contributed by atoms with Gasteiger partial charge in [-0.05, 0) is 39.3 Å². The van der Waals surface area contributed by atoms with Crippen molar-refractivity contribution in [3.8, 4) is 0 Å². The molecule has 98 valence electrons. The summed E-state index contributed by atoms with van der Waals surface area (Å²) in [4.78, 5) is 13.8. The standard InChI is InChI=1S/C13H19N3O2/c1-9-10-5-7-14-15-11(10)6-8-16(9)12(17)18-13(2,3)4/h5,7,9H,6,8H2,1-4H3/t9-/m1/s1. The van der Waals surface area contributed by atoms with Crippen LogP contribution in [-0.2, 0) is 11.2 Å². The molecule has 1 aromatic rings. The van der Waals surface area contributed by atoms with Gasteiger partial charge >= 0.3 is 6.09 Å². The Hall–Kier alpha value is -1.65. The highest BCUT2D eigenvalue weighted by Crippen LogP contribution is 2.28. The summed E-state index contributed by atoms with van der Waals surface area (Å²) < 4.78 is 5.41. The first-order valence-electron chi connectivity index (χ1n) is 6.18. The Morgan fingerprint density at radius 2 is 2.22 bits per heavy atom. The molecule has 0 fully saturated rings. The molecule has 5 heteroatoms. The topological polar surface area (TPSA) is 55.3 Å². The quantitative estimate of drug-likeness (QED) is 0.708. The van der Waals surface area contributed by atoms with Gasteiger partial charge < -0.3 is 9.64 Å². The van der Waals surface area contributed by atoms with Gasteiger partial charge in [-0.25, -0.2) is 4.79 Å². The molecule has 2 rings (SSSR count). The Labute approximate surface area is 107 Å². The first-order chi connectivity index (χ1) is 8.38. The first kappa shape index (κ1) is 12.8. The van der Waals surface area contributed by atoms with E-state index in [0.717, 1.165) is 17.7 Å². The van der Waals surface area contributed by atoms with Crippen LogP contribution in [0.4, 0.5) is 4.79 Å². The van der Waals surface area contributed by atoms with Crippen LogP contribution < -0.4 is 0 Å². The van der Waals surface area contributed by atoms with Crippen LogP contribution in [0.15, 0.2) is 12.3 Å². The second-order valence-electron chi connectivity index (χ2n) is 5.53. The molecule has 1 aliphatic heterocycles. The van der Waals surface area contributed by atoms with E-state index in [1.807, 2.05) is 33.8 Å². The van der Waals surface area contributed by atoms with Crippen molar-refractivity contribution >= 4 is 6.09 Å². The van der Waals surface area contributed by atoms with Gasteiger partial charge in [0.2, 0.25) is 0 Å². The lowest BCUT2D eigenvalue weighted by atomic mass is 9.99. The minimum absolute atomic E-state index is 0.0147. The Morgan fingerprint density at radius 1 is 1.50 bits per heavy atom. The van der Waals surface area contributed by atoms with Crippen molar-refractivity contribution in [2.75, 3.05) is 6.54 Å². The molecular formula is C13H19N3O2. The molecule has 5 nitrogen and oxygen atoms in total. The van der Waals surface area contributed by atoms with Gasteiger partial charge in [0, 0.05) is 19.2 Å². The van der Waals surface area contributed by atoms with Gasteiger partial charge in [0.25, 0.3) is 0 Å². The Kier molecular flexibility index (Phi) is 3.24. The summed E-state index contributed by atoms with van der Waals surface area (Å²) in [6.07, 6.45) is 2.12. The fourth-order valence-electron chi connectivity index (χ4n) is 2.10. The predicted molar refractivity (Wildman–Crippen MR) is 67.1 cm³/mol. The second kappa shape index (κ2) is 4.55. The number of hydrogen-bond acceptors (Lipinski definition) is 4. The number of fused-ring (bicyclic) bond motifs is 1. The van der Waals surface area contributed by atoms with Gasteiger partial charge in [0.1, 0.15) is 5.60 Å². The highest BCUT2D eigenvalue weighted by molar-refractivity contribution is 5.69. The average Bonchev–Trinajstić information content (AvgIpc) is 2.27. The van der Waals surface area contributed by atoms with Crippen molar-refractivity contribution < 1.29 is 9.53 Å². The molecule has 0 saturated heterocycles. The minimum atomic E-state index is -0.465. The molecule has 1 aliphatic rings. The molecule has 2 heterocycles. The lowest BCUT2D eigenvalue weighted by Crippen LogP contribution is -2.42. The first-order valence-corrected chi connectivity index (χ1v) is 6.18. The lowest BCUT2D eigenvalue weighted by molar-refractivity contribution is 0.0157. The zero-order valence-corrected chi connectivity index (χ0v) is 11.3. The third-order valence-electron chi connectivity index (χ3n) is 2.97. The molecule has 0 bridgehead atoms. The molecule has 0 aliphatic carbocycles. The Bertz CT molecular complexity index is 454. The van der Waals surface area contributed by atoms with E-state index in [1.165, 1.54) is 0 Å². The van der Waals surface area contributed by atoms with Gasteiger partial charge in [-0.3, -0.25) is 0 Å². The van der Waals surface area contributed by atoms with Crippen LogP contribution in [0.25, 0.3) is 0 Å². The molecule has 1 atom stereocenters. The average molecular weight is 249 g/mol. The van der Waals surface area contributed by atoms with E-state index >= 15 is 0 Å². The lowest BCUT2D eigenvalue weighted by Gasteiger charge is -2.35. The number of amides is 1. The summed E-state index contributed by atoms with van der Waals surface area (Å²) >= 11 is 0. The Balaban J connectivity index is 2.17. The summed E-state index contributed by atoms with van der Waals surface area (Å²) in [5.74, 6) is 0. The smallest absolute Gasteiger partial charge is 0.410 e. The molecule has 0 aromatic carbocycles. The maximum absolute atomic E-state index is 12.1. The minimum Gasteiger partial charge on any atom is -0.444 e. The molecule has 0 spiro atoms. The number of carbonyl (C=O) groups excluding carboxylic acids is 1. The second-order valence-corrected chi connectivity index (χ2v) is 5.53. The van der Waals surface area contributed by atoms with E-state index < -0.39 is 5.60 Å². The molecule has 18 heavy (non-hydrogen) atoms. The van der Waals surface area contributed by atoms with Gasteiger partial charge in [0.15, 0.2) is 0 Å². The van der Waals surface area contributed by atoms with Crippen LogP contribution in [0, 0.1) is 0 Å². The summed E-state index contributed by atoms with van der Waals surface area (Å²) in [5.41, 5.74) is 1.57. The van der Waals surface area contributed by atoms with E-state index in [9.17, 15) is 4.79 Å². The summed E-state index contributed by atoms with van der Waals surface area (Å²) in [6.45, 7) is 8.24. The van der Waals surface area contributed by atoms with Crippen LogP contribution in [0.3, 0.4) is 0 Å². The van der Waals surface area contributed by atoms with E-state index in [4.69, 9.17) is 4.74 Å². The summed E-state index contributed by atoms with van der Waals surface area (Å²) in [7, 11) is 0. The number of ether oxygens (including phenoxy) is 1. The molecule has 0 saturated carbocycles. The molecule has 0 radical (unpaired) electrons. The number of hydrogen-bond donors (Lipinski definition) is 0. The fourth-order valence-corrected chi connectivity index (χ4v) is 2.10. The molecular weight excluding hydrogens is 230 g/mol. The van der Waals surface area contributed by atoms with E-state index in [-0.39, 0.29) is 12.1 Å². The van der Waals surface area contributed by atoms with E-state index in [2.05, 4.69) is 10.2 Å². The van der Waals surface area contributed by atoms with Gasteiger partial charge in [-0.2, -0.15) is 10.2 Å². The third kappa shape index (κ3) is 2.60. The van der Waals surface area contributed by atoms with E-state index in [1.54, 1.807) is 11.1 Å². The van der Waals surface area contributed by atoms with Gasteiger partial charge in [-0.1, -0.05) is 0 Å². The maximum atomic E-state index is 12.1. The molecule has 1 aromatic heterocycles. The number of aromatic nitrogens is 2.